The van der Waals surface area contributed by atoms with Gasteiger partial charge >= 0.3 is 21.1 Å². The van der Waals surface area contributed by atoms with Crippen LogP contribution in [0.25, 0.3) is 0 Å². The molecule has 5 heteroatoms. The summed E-state index contributed by atoms with van der Waals surface area (Å²) in [7, 11) is 0. The first kappa shape index (κ1) is 30.2. The van der Waals surface area contributed by atoms with Crippen LogP contribution in [0.1, 0.15) is 6.42 Å². The Morgan fingerprint density at radius 3 is 1.10 bits per heavy atom. The van der Waals surface area contributed by atoms with Crippen LogP contribution in [0, 0.1) is 0 Å². The molecule has 0 aromatic rings. The molecule has 0 N–H and O–H groups in total. The van der Waals surface area contributed by atoms with Crippen LogP contribution in [0.4, 0.5) is 0 Å². The molecule has 0 aromatic heterocycles. The number of hydrogen-bond acceptors (Lipinski definition) is 0. The van der Waals surface area contributed by atoms with Crippen molar-refractivity contribution in [1.29, 1.82) is 0 Å². The molecule has 0 heterocycles. The van der Waals surface area contributed by atoms with Gasteiger partial charge in [0.1, 0.15) is 0 Å². The molecule has 0 nitrogen and oxygen atoms in total. The molecule has 0 bridgehead atoms. The average molecular weight is 403 g/mol. The molecule has 1 aliphatic rings. The second kappa shape index (κ2) is 22.4. The van der Waals surface area contributed by atoms with E-state index in [4.69, 9.17) is 0 Å². The minimum Gasteiger partial charge on any atom is -1.00 e. The van der Waals surface area contributed by atoms with E-state index in [1.807, 2.05) is 0 Å². The van der Waals surface area contributed by atoms with Crippen LogP contribution in [-0.2, 0) is 21.1 Å². The summed E-state index contributed by atoms with van der Waals surface area (Å²) in [4.78, 5) is 0. The van der Waals surface area contributed by atoms with Crippen molar-refractivity contribution in [3.63, 3.8) is 0 Å². The van der Waals surface area contributed by atoms with Gasteiger partial charge in [0.2, 0.25) is 0 Å². The Hall–Kier alpha value is 1.33. The standard InChI is InChI=1S/C5H6.4ClH.Pt/c1-2-4-5-3-1;;;;;/h1-4H,5H2;4*1H;/q;;;;;+4/p-4. The predicted octanol–water partition coefficient (Wildman–Crippen LogP) is -10.5. The molecule has 0 aliphatic heterocycles. The molecule has 0 saturated carbocycles. The Balaban J connectivity index is -0.0000000167. The summed E-state index contributed by atoms with van der Waals surface area (Å²) < 4.78 is 0. The first-order valence-corrected chi connectivity index (χ1v) is 1.82. The molecule has 0 fully saturated rings. The summed E-state index contributed by atoms with van der Waals surface area (Å²) in [6.45, 7) is 0. The Kier molecular flexibility index (Phi) is 67.7. The van der Waals surface area contributed by atoms with E-state index >= 15 is 0 Å². The fourth-order valence-corrected chi connectivity index (χ4v) is 0.393. The van der Waals surface area contributed by atoms with Crippen LogP contribution < -0.4 is 49.6 Å². The zero-order valence-electron chi connectivity index (χ0n) is 4.84. The molecular weight excluding hydrogens is 397 g/mol. The third kappa shape index (κ3) is 16.2. The Bertz CT molecular complexity index is 71.7. The van der Waals surface area contributed by atoms with Crippen molar-refractivity contribution in [2.24, 2.45) is 0 Å². The minimum atomic E-state index is 0. The van der Waals surface area contributed by atoms with E-state index in [0.717, 1.165) is 6.42 Å². The van der Waals surface area contributed by atoms with E-state index in [0.29, 0.717) is 0 Å². The van der Waals surface area contributed by atoms with Gasteiger partial charge in [0.15, 0.2) is 0 Å². The molecule has 0 aromatic carbocycles. The monoisotopic (exact) mass is 401 g/mol. The summed E-state index contributed by atoms with van der Waals surface area (Å²) in [5.41, 5.74) is 0. The van der Waals surface area contributed by atoms with Gasteiger partial charge in [-0.3, -0.25) is 0 Å². The number of rotatable bonds is 0. The van der Waals surface area contributed by atoms with Gasteiger partial charge in [0.05, 0.1) is 0 Å². The van der Waals surface area contributed by atoms with Crippen molar-refractivity contribution < 1.29 is 70.7 Å². The molecule has 64 valence electrons. The Morgan fingerprint density at radius 2 is 1.00 bits per heavy atom. The fourth-order valence-electron chi connectivity index (χ4n) is 0.393. The van der Waals surface area contributed by atoms with Gasteiger partial charge in [0.25, 0.3) is 0 Å². The largest absolute Gasteiger partial charge is 4.00 e. The normalized spacial score (nSPS) is 8.80. The maximum Gasteiger partial charge on any atom is 4.00 e. The van der Waals surface area contributed by atoms with Crippen molar-refractivity contribution >= 4 is 0 Å². The second-order valence-electron chi connectivity index (χ2n) is 1.09. The molecule has 10 heavy (non-hydrogen) atoms. The third-order valence-corrected chi connectivity index (χ3v) is 0.655. The van der Waals surface area contributed by atoms with Gasteiger partial charge in [-0.15, -0.1) is 0 Å². The maximum absolute atomic E-state index is 2.12. The van der Waals surface area contributed by atoms with Gasteiger partial charge in [-0.05, 0) is 6.42 Å². The Labute approximate surface area is 101 Å². The Morgan fingerprint density at radius 1 is 0.700 bits per heavy atom. The van der Waals surface area contributed by atoms with E-state index in [9.17, 15) is 0 Å². The summed E-state index contributed by atoms with van der Waals surface area (Å²) >= 11 is 0. The molecular formula is C5H6Cl4Pt. The van der Waals surface area contributed by atoms with E-state index in [-0.39, 0.29) is 70.7 Å². The summed E-state index contributed by atoms with van der Waals surface area (Å²) in [5, 5.41) is 0. The first-order chi connectivity index (χ1) is 2.50. The topological polar surface area (TPSA) is 0 Å². The van der Waals surface area contributed by atoms with E-state index in [1.54, 1.807) is 0 Å². The van der Waals surface area contributed by atoms with Crippen molar-refractivity contribution in [3.05, 3.63) is 24.3 Å². The van der Waals surface area contributed by atoms with E-state index in [2.05, 4.69) is 24.3 Å². The molecule has 0 amide bonds. The van der Waals surface area contributed by atoms with Gasteiger partial charge in [0, 0.05) is 0 Å². The van der Waals surface area contributed by atoms with Crippen LogP contribution in [-0.4, -0.2) is 0 Å². The van der Waals surface area contributed by atoms with Crippen LogP contribution in [0.15, 0.2) is 24.3 Å². The predicted molar refractivity (Wildman–Crippen MR) is 22.9 cm³/mol. The SMILES string of the molecule is C1=CCC=C1.[Cl-].[Cl-].[Cl-].[Cl-].[Pt+4]. The summed E-state index contributed by atoms with van der Waals surface area (Å²) in [6, 6.07) is 0. The summed E-state index contributed by atoms with van der Waals surface area (Å²) in [6.07, 6.45) is 9.50. The zero-order chi connectivity index (χ0) is 3.54. The second-order valence-corrected chi connectivity index (χ2v) is 1.09. The van der Waals surface area contributed by atoms with Crippen molar-refractivity contribution in [1.82, 2.24) is 0 Å². The first-order valence-electron chi connectivity index (χ1n) is 1.82. The van der Waals surface area contributed by atoms with Crippen molar-refractivity contribution in [2.75, 3.05) is 0 Å². The van der Waals surface area contributed by atoms with Gasteiger partial charge in [-0.1, -0.05) is 24.3 Å². The van der Waals surface area contributed by atoms with E-state index in [1.165, 1.54) is 0 Å². The van der Waals surface area contributed by atoms with Gasteiger partial charge in [-0.2, -0.15) is 0 Å². The van der Waals surface area contributed by atoms with E-state index < -0.39 is 0 Å². The van der Waals surface area contributed by atoms with Crippen molar-refractivity contribution in [3.8, 4) is 0 Å². The molecule has 0 spiro atoms. The quantitative estimate of drug-likeness (QED) is 0.377. The van der Waals surface area contributed by atoms with Crippen molar-refractivity contribution in [2.45, 2.75) is 6.42 Å². The minimum absolute atomic E-state index is 0. The number of hydrogen-bond donors (Lipinski definition) is 0. The fraction of sp³-hybridized carbons (Fsp3) is 0.200. The van der Waals surface area contributed by atoms with Crippen LogP contribution in [0.5, 0.6) is 0 Å². The van der Waals surface area contributed by atoms with Gasteiger partial charge < -0.3 is 49.6 Å². The summed E-state index contributed by atoms with van der Waals surface area (Å²) in [5.74, 6) is 0. The number of allylic oxidation sites excluding steroid dienone is 4. The zero-order valence-corrected chi connectivity index (χ0v) is 10.1. The molecule has 0 unspecified atom stereocenters. The molecule has 0 atom stereocenters. The van der Waals surface area contributed by atoms with Crippen LogP contribution in [0.2, 0.25) is 0 Å². The molecule has 1 rings (SSSR count). The van der Waals surface area contributed by atoms with Crippen LogP contribution in [0.3, 0.4) is 0 Å². The molecule has 0 saturated heterocycles. The van der Waals surface area contributed by atoms with Crippen LogP contribution >= 0.6 is 0 Å². The molecule has 0 radical (unpaired) electrons. The average Bonchev–Trinajstić information content (AvgIpc) is 1.76. The smallest absolute Gasteiger partial charge is 1.00 e. The third-order valence-electron chi connectivity index (χ3n) is 0.655. The molecule has 1 aliphatic carbocycles. The number of halogens is 4. The van der Waals surface area contributed by atoms with Gasteiger partial charge in [-0.25, -0.2) is 0 Å². The maximum atomic E-state index is 2.12.